The highest BCUT2D eigenvalue weighted by molar-refractivity contribution is 5.32. The van der Waals surface area contributed by atoms with Crippen molar-refractivity contribution in [1.29, 1.82) is 0 Å². The molecule has 2 heteroatoms. The zero-order valence-electron chi connectivity index (χ0n) is 12.2. The monoisotopic (exact) mass is 258 g/mol. The lowest BCUT2D eigenvalue weighted by Crippen LogP contribution is -2.37. The lowest BCUT2D eigenvalue weighted by atomic mass is 9.90. The predicted octanol–water partition coefficient (Wildman–Crippen LogP) is 3.04. The van der Waals surface area contributed by atoms with Gasteiger partial charge in [0.2, 0.25) is 0 Å². The maximum absolute atomic E-state index is 3.81. The fourth-order valence-corrected chi connectivity index (χ4v) is 3.69. The molecule has 0 aromatic heterocycles. The summed E-state index contributed by atoms with van der Waals surface area (Å²) in [6.45, 7) is 8.05. The van der Waals surface area contributed by atoms with Crippen LogP contribution in [0.3, 0.4) is 0 Å². The van der Waals surface area contributed by atoms with E-state index >= 15 is 0 Å². The molecule has 104 valence electrons. The van der Waals surface area contributed by atoms with E-state index in [0.717, 1.165) is 25.7 Å². The molecule has 0 radical (unpaired) electrons. The van der Waals surface area contributed by atoms with E-state index in [0.29, 0.717) is 11.3 Å². The molecule has 0 bridgehead atoms. The van der Waals surface area contributed by atoms with Gasteiger partial charge >= 0.3 is 0 Å². The first-order chi connectivity index (χ1) is 9.14. The molecule has 1 aliphatic heterocycles. The van der Waals surface area contributed by atoms with Crippen LogP contribution in [-0.4, -0.2) is 19.1 Å². The molecule has 0 amide bonds. The largest absolute Gasteiger partial charge is 0.313 e. The molecule has 1 saturated carbocycles. The van der Waals surface area contributed by atoms with Gasteiger partial charge in [0.25, 0.3) is 0 Å². The molecule has 2 aliphatic rings. The summed E-state index contributed by atoms with van der Waals surface area (Å²) < 4.78 is 0. The zero-order chi connectivity index (χ0) is 13.3. The van der Waals surface area contributed by atoms with Gasteiger partial charge in [-0.3, -0.25) is 0 Å². The van der Waals surface area contributed by atoms with Crippen LogP contribution in [0.15, 0.2) is 24.3 Å². The Morgan fingerprint density at radius 2 is 2.16 bits per heavy atom. The van der Waals surface area contributed by atoms with Crippen molar-refractivity contribution in [3.63, 3.8) is 0 Å². The Hall–Kier alpha value is -0.860. The van der Waals surface area contributed by atoms with Crippen molar-refractivity contribution in [3.8, 4) is 0 Å². The summed E-state index contributed by atoms with van der Waals surface area (Å²) in [6.07, 6.45) is 4.04. The molecule has 19 heavy (non-hydrogen) atoms. The fraction of sp³-hybridized carbons (Fsp3) is 0.647. The quantitative estimate of drug-likeness (QED) is 0.871. The lowest BCUT2D eigenvalue weighted by molar-refractivity contribution is 0.360. The van der Waals surface area contributed by atoms with E-state index in [1.165, 1.54) is 24.8 Å². The van der Waals surface area contributed by atoms with Gasteiger partial charge in [-0.2, -0.15) is 0 Å². The van der Waals surface area contributed by atoms with Crippen LogP contribution in [0.4, 0.5) is 0 Å². The van der Waals surface area contributed by atoms with Crippen molar-refractivity contribution in [2.45, 2.75) is 51.6 Å². The number of hydrogen-bond donors (Lipinski definition) is 2. The van der Waals surface area contributed by atoms with Gasteiger partial charge in [0.1, 0.15) is 0 Å². The first kappa shape index (κ1) is 13.1. The van der Waals surface area contributed by atoms with Gasteiger partial charge in [-0.1, -0.05) is 38.1 Å². The SMILES string of the molecule is CC1(C)CCC(NCC2CNCc3ccccc32)C1. The molecule has 1 aliphatic carbocycles. The van der Waals surface area contributed by atoms with Crippen LogP contribution in [0, 0.1) is 5.41 Å². The minimum Gasteiger partial charge on any atom is -0.313 e. The van der Waals surface area contributed by atoms with Gasteiger partial charge in [0.05, 0.1) is 0 Å². The third-order valence-corrected chi connectivity index (χ3v) is 4.82. The highest BCUT2D eigenvalue weighted by Crippen LogP contribution is 2.37. The van der Waals surface area contributed by atoms with Crippen molar-refractivity contribution >= 4 is 0 Å². The van der Waals surface area contributed by atoms with Crippen LogP contribution >= 0.6 is 0 Å². The van der Waals surface area contributed by atoms with E-state index in [1.54, 1.807) is 5.56 Å². The van der Waals surface area contributed by atoms with Crippen LogP contribution in [0.5, 0.6) is 0 Å². The highest BCUT2D eigenvalue weighted by Gasteiger charge is 2.31. The minimum absolute atomic E-state index is 0.542. The van der Waals surface area contributed by atoms with Crippen molar-refractivity contribution in [2.75, 3.05) is 13.1 Å². The molecule has 1 heterocycles. The molecule has 2 nitrogen and oxygen atoms in total. The maximum Gasteiger partial charge on any atom is 0.0208 e. The molecule has 0 spiro atoms. The molecule has 0 saturated heterocycles. The highest BCUT2D eigenvalue weighted by atomic mass is 15.0. The first-order valence-corrected chi connectivity index (χ1v) is 7.66. The van der Waals surface area contributed by atoms with E-state index in [4.69, 9.17) is 0 Å². The second-order valence-corrected chi connectivity index (χ2v) is 7.04. The number of nitrogens with one attached hydrogen (secondary N) is 2. The summed E-state index contributed by atoms with van der Waals surface area (Å²) in [5, 5.41) is 7.35. The van der Waals surface area contributed by atoms with Crippen LogP contribution in [0.1, 0.15) is 50.2 Å². The van der Waals surface area contributed by atoms with Gasteiger partial charge < -0.3 is 10.6 Å². The summed E-state index contributed by atoms with van der Waals surface area (Å²) in [5.41, 5.74) is 3.57. The molecule has 1 fully saturated rings. The van der Waals surface area contributed by atoms with Gasteiger partial charge in [0.15, 0.2) is 0 Å². The number of rotatable bonds is 3. The Labute approximate surface area is 117 Å². The Kier molecular flexibility index (Phi) is 3.64. The van der Waals surface area contributed by atoms with E-state index < -0.39 is 0 Å². The molecule has 2 unspecified atom stereocenters. The Morgan fingerprint density at radius 3 is 2.95 bits per heavy atom. The Balaban J connectivity index is 1.60. The minimum atomic E-state index is 0.542. The molecular formula is C17H26N2. The summed E-state index contributed by atoms with van der Waals surface area (Å²) in [4.78, 5) is 0. The van der Waals surface area contributed by atoms with Gasteiger partial charge in [-0.05, 0) is 35.8 Å². The number of hydrogen-bond acceptors (Lipinski definition) is 2. The normalized spacial score (nSPS) is 29.2. The summed E-state index contributed by atoms with van der Waals surface area (Å²) in [7, 11) is 0. The lowest BCUT2D eigenvalue weighted by Gasteiger charge is -2.28. The number of fused-ring (bicyclic) bond motifs is 1. The van der Waals surface area contributed by atoms with Crippen molar-refractivity contribution < 1.29 is 0 Å². The van der Waals surface area contributed by atoms with Crippen LogP contribution in [0.2, 0.25) is 0 Å². The van der Waals surface area contributed by atoms with Gasteiger partial charge in [0, 0.05) is 31.6 Å². The van der Waals surface area contributed by atoms with E-state index in [2.05, 4.69) is 48.7 Å². The molecule has 1 aromatic carbocycles. The zero-order valence-corrected chi connectivity index (χ0v) is 12.2. The van der Waals surface area contributed by atoms with Crippen LogP contribution < -0.4 is 10.6 Å². The topological polar surface area (TPSA) is 24.1 Å². The smallest absolute Gasteiger partial charge is 0.0208 e. The third-order valence-electron chi connectivity index (χ3n) is 4.82. The molecule has 2 N–H and O–H groups in total. The van der Waals surface area contributed by atoms with E-state index in [-0.39, 0.29) is 0 Å². The maximum atomic E-state index is 3.81. The molecule has 1 aromatic rings. The number of benzene rings is 1. The third kappa shape index (κ3) is 3.01. The predicted molar refractivity (Wildman–Crippen MR) is 80.3 cm³/mol. The average molecular weight is 258 g/mol. The average Bonchev–Trinajstić information content (AvgIpc) is 2.76. The van der Waals surface area contributed by atoms with Crippen molar-refractivity contribution in [2.24, 2.45) is 5.41 Å². The molecule has 3 rings (SSSR count). The second kappa shape index (κ2) is 5.26. The summed E-state index contributed by atoms with van der Waals surface area (Å²) in [6, 6.07) is 9.61. The summed E-state index contributed by atoms with van der Waals surface area (Å²) >= 11 is 0. The van der Waals surface area contributed by atoms with E-state index in [1.807, 2.05) is 0 Å². The van der Waals surface area contributed by atoms with E-state index in [9.17, 15) is 0 Å². The van der Waals surface area contributed by atoms with Gasteiger partial charge in [-0.15, -0.1) is 0 Å². The fourth-order valence-electron chi connectivity index (χ4n) is 3.69. The standard InChI is InChI=1S/C17H26N2/c1-17(2)8-7-15(9-17)19-12-14-11-18-10-13-5-3-4-6-16(13)14/h3-6,14-15,18-19H,7-12H2,1-2H3. The Morgan fingerprint density at radius 1 is 1.32 bits per heavy atom. The molecule has 2 atom stereocenters. The van der Waals surface area contributed by atoms with Crippen LogP contribution in [-0.2, 0) is 6.54 Å². The van der Waals surface area contributed by atoms with Crippen molar-refractivity contribution in [1.82, 2.24) is 10.6 Å². The summed E-state index contributed by atoms with van der Waals surface area (Å²) in [5.74, 6) is 0.633. The Bertz CT molecular complexity index is 439. The second-order valence-electron chi connectivity index (χ2n) is 7.04. The first-order valence-electron chi connectivity index (χ1n) is 7.66. The van der Waals surface area contributed by atoms with Crippen LogP contribution in [0.25, 0.3) is 0 Å². The molecular weight excluding hydrogens is 232 g/mol. The van der Waals surface area contributed by atoms with Crippen molar-refractivity contribution in [3.05, 3.63) is 35.4 Å². The van der Waals surface area contributed by atoms with Gasteiger partial charge in [-0.25, -0.2) is 0 Å².